The summed E-state index contributed by atoms with van der Waals surface area (Å²) in [6.07, 6.45) is 1.39. The van der Waals surface area contributed by atoms with Gasteiger partial charge in [-0.1, -0.05) is 0 Å². The molecule has 17 heavy (non-hydrogen) atoms. The normalized spacial score (nSPS) is 10.1. The third-order valence-corrected chi connectivity index (χ3v) is 2.29. The number of aromatic hydroxyl groups is 1. The van der Waals surface area contributed by atoms with E-state index in [1.165, 1.54) is 29.0 Å². The lowest BCUT2D eigenvalue weighted by atomic mass is 10.2. The Bertz CT molecular complexity index is 613. The largest absolute Gasteiger partial charge is 0.508 e. The number of carboxylic acid groups (broad SMARTS) is 1. The summed E-state index contributed by atoms with van der Waals surface area (Å²) in [5.41, 5.74) is 0.0744. The molecule has 2 rings (SSSR count). The summed E-state index contributed by atoms with van der Waals surface area (Å²) in [6, 6.07) is 8.43. The molecule has 0 fully saturated rings. The van der Waals surface area contributed by atoms with Crippen LogP contribution >= 0.6 is 0 Å². The van der Waals surface area contributed by atoms with E-state index in [9.17, 15) is 9.59 Å². The monoisotopic (exact) mass is 231 g/mol. The summed E-state index contributed by atoms with van der Waals surface area (Å²) in [6.45, 7) is 0. The Balaban J connectivity index is 2.50. The molecule has 86 valence electrons. The third-order valence-electron chi connectivity index (χ3n) is 2.29. The quantitative estimate of drug-likeness (QED) is 0.814. The number of phenols is 1. The molecule has 0 aliphatic rings. The van der Waals surface area contributed by atoms with E-state index >= 15 is 0 Å². The van der Waals surface area contributed by atoms with Crippen LogP contribution in [0.1, 0.15) is 10.4 Å². The lowest BCUT2D eigenvalue weighted by Gasteiger charge is -2.05. The summed E-state index contributed by atoms with van der Waals surface area (Å²) < 4.78 is 1.30. The number of nitrogens with zero attached hydrogens (tertiary/aromatic N) is 1. The summed E-state index contributed by atoms with van der Waals surface area (Å²) in [5, 5.41) is 17.9. The summed E-state index contributed by atoms with van der Waals surface area (Å²) in [7, 11) is 0. The lowest BCUT2D eigenvalue weighted by Crippen LogP contribution is -2.18. The van der Waals surface area contributed by atoms with Crippen LogP contribution in [0.25, 0.3) is 5.69 Å². The van der Waals surface area contributed by atoms with E-state index in [-0.39, 0.29) is 11.3 Å². The van der Waals surface area contributed by atoms with Crippen molar-refractivity contribution in [1.29, 1.82) is 0 Å². The molecule has 0 saturated heterocycles. The average molecular weight is 231 g/mol. The number of carbonyl (C=O) groups is 1. The zero-order chi connectivity index (χ0) is 12.4. The third kappa shape index (κ3) is 2.17. The molecule has 2 aromatic rings. The van der Waals surface area contributed by atoms with Gasteiger partial charge in [0.25, 0.3) is 5.56 Å². The number of benzene rings is 1. The number of aromatic carboxylic acids is 1. The highest BCUT2D eigenvalue weighted by atomic mass is 16.4. The number of phenolic OH excluding ortho intramolecular Hbond substituents is 1. The number of pyridine rings is 1. The molecule has 0 aliphatic carbocycles. The molecule has 0 saturated carbocycles. The highest BCUT2D eigenvalue weighted by Gasteiger charge is 2.05. The van der Waals surface area contributed by atoms with Crippen LogP contribution in [0.2, 0.25) is 0 Å². The van der Waals surface area contributed by atoms with Gasteiger partial charge in [0.2, 0.25) is 0 Å². The number of aromatic nitrogens is 1. The first-order valence-electron chi connectivity index (χ1n) is 4.83. The fourth-order valence-electron chi connectivity index (χ4n) is 1.44. The summed E-state index contributed by atoms with van der Waals surface area (Å²) in [4.78, 5) is 22.3. The highest BCUT2D eigenvalue weighted by Crippen LogP contribution is 2.12. The van der Waals surface area contributed by atoms with Crippen LogP contribution in [0, 0.1) is 0 Å². The van der Waals surface area contributed by atoms with E-state index in [0.717, 1.165) is 6.07 Å². The molecule has 0 bridgehead atoms. The van der Waals surface area contributed by atoms with Gasteiger partial charge in [-0.2, -0.15) is 0 Å². The fourth-order valence-corrected chi connectivity index (χ4v) is 1.44. The van der Waals surface area contributed by atoms with Crippen LogP contribution in [0.4, 0.5) is 0 Å². The SMILES string of the molecule is O=C(O)c1ccn(-c2ccc(O)cc2)c(=O)c1. The van der Waals surface area contributed by atoms with E-state index in [2.05, 4.69) is 0 Å². The minimum Gasteiger partial charge on any atom is -0.508 e. The van der Waals surface area contributed by atoms with Crippen LogP contribution in [-0.4, -0.2) is 20.7 Å². The Kier molecular flexibility index (Phi) is 2.66. The van der Waals surface area contributed by atoms with Crippen LogP contribution in [0.15, 0.2) is 47.4 Å². The van der Waals surface area contributed by atoms with E-state index in [0.29, 0.717) is 5.69 Å². The molecule has 0 aliphatic heterocycles. The predicted octanol–water partition coefficient (Wildman–Crippen LogP) is 1.24. The zero-order valence-electron chi connectivity index (χ0n) is 8.70. The molecular weight excluding hydrogens is 222 g/mol. The molecule has 0 radical (unpaired) electrons. The van der Waals surface area contributed by atoms with Crippen LogP contribution in [0.5, 0.6) is 5.75 Å². The van der Waals surface area contributed by atoms with Gasteiger partial charge >= 0.3 is 5.97 Å². The van der Waals surface area contributed by atoms with Crippen molar-refractivity contribution >= 4 is 5.97 Å². The Morgan fingerprint density at radius 3 is 2.29 bits per heavy atom. The van der Waals surface area contributed by atoms with Gasteiger partial charge in [-0.3, -0.25) is 9.36 Å². The minimum absolute atomic E-state index is 0.0509. The topological polar surface area (TPSA) is 79.5 Å². The fraction of sp³-hybridized carbons (Fsp3) is 0. The number of carboxylic acids is 1. The molecule has 0 amide bonds. The Morgan fingerprint density at radius 1 is 1.12 bits per heavy atom. The standard InChI is InChI=1S/C12H9NO4/c14-10-3-1-9(2-4-10)13-6-5-8(12(16)17)7-11(13)15/h1-7,14H,(H,16,17). The first-order valence-corrected chi connectivity index (χ1v) is 4.83. The Labute approximate surface area is 96.2 Å². The van der Waals surface area contributed by atoms with E-state index in [1.54, 1.807) is 12.1 Å². The number of rotatable bonds is 2. The zero-order valence-corrected chi connectivity index (χ0v) is 8.70. The van der Waals surface area contributed by atoms with Crippen molar-refractivity contribution in [2.24, 2.45) is 0 Å². The van der Waals surface area contributed by atoms with E-state index < -0.39 is 11.5 Å². The molecule has 2 N–H and O–H groups in total. The maximum atomic E-state index is 11.7. The van der Waals surface area contributed by atoms with Crippen molar-refractivity contribution in [2.45, 2.75) is 0 Å². The number of hydrogen-bond acceptors (Lipinski definition) is 3. The summed E-state index contributed by atoms with van der Waals surface area (Å²) in [5.74, 6) is -1.04. The minimum atomic E-state index is -1.14. The molecule has 1 heterocycles. The van der Waals surface area contributed by atoms with E-state index in [1.807, 2.05) is 0 Å². The van der Waals surface area contributed by atoms with Crippen molar-refractivity contribution < 1.29 is 15.0 Å². The van der Waals surface area contributed by atoms with Gasteiger partial charge < -0.3 is 10.2 Å². The van der Waals surface area contributed by atoms with Crippen molar-refractivity contribution in [3.8, 4) is 11.4 Å². The molecule has 0 atom stereocenters. The second-order valence-electron chi connectivity index (χ2n) is 3.45. The van der Waals surface area contributed by atoms with Gasteiger partial charge in [0.15, 0.2) is 0 Å². The van der Waals surface area contributed by atoms with Crippen molar-refractivity contribution in [1.82, 2.24) is 4.57 Å². The maximum absolute atomic E-state index is 11.7. The molecule has 0 unspecified atom stereocenters. The van der Waals surface area contributed by atoms with Crippen molar-refractivity contribution in [3.05, 3.63) is 58.5 Å². The lowest BCUT2D eigenvalue weighted by molar-refractivity contribution is 0.0696. The molecule has 5 heteroatoms. The average Bonchev–Trinajstić information content (AvgIpc) is 2.30. The van der Waals surface area contributed by atoms with Gasteiger partial charge in [-0.05, 0) is 30.3 Å². The first-order chi connectivity index (χ1) is 8.08. The smallest absolute Gasteiger partial charge is 0.335 e. The van der Waals surface area contributed by atoms with Gasteiger partial charge in [0, 0.05) is 18.0 Å². The molecule has 1 aromatic carbocycles. The van der Waals surface area contributed by atoms with Gasteiger partial charge in [-0.25, -0.2) is 4.79 Å². The number of hydrogen-bond donors (Lipinski definition) is 2. The predicted molar refractivity (Wildman–Crippen MR) is 60.7 cm³/mol. The highest BCUT2D eigenvalue weighted by molar-refractivity contribution is 5.87. The second-order valence-corrected chi connectivity index (χ2v) is 3.45. The maximum Gasteiger partial charge on any atom is 0.335 e. The van der Waals surface area contributed by atoms with Crippen LogP contribution in [-0.2, 0) is 0 Å². The molecule has 1 aromatic heterocycles. The molecule has 0 spiro atoms. The van der Waals surface area contributed by atoms with Gasteiger partial charge in [0.05, 0.1) is 5.56 Å². The summed E-state index contributed by atoms with van der Waals surface area (Å²) >= 11 is 0. The Morgan fingerprint density at radius 2 is 1.76 bits per heavy atom. The first kappa shape index (κ1) is 10.9. The van der Waals surface area contributed by atoms with E-state index in [4.69, 9.17) is 10.2 Å². The van der Waals surface area contributed by atoms with Crippen molar-refractivity contribution in [2.75, 3.05) is 0 Å². The van der Waals surface area contributed by atoms with Crippen LogP contribution in [0.3, 0.4) is 0 Å². The van der Waals surface area contributed by atoms with Gasteiger partial charge in [-0.15, -0.1) is 0 Å². The van der Waals surface area contributed by atoms with Crippen molar-refractivity contribution in [3.63, 3.8) is 0 Å². The Hall–Kier alpha value is -2.56. The molecular formula is C12H9NO4. The van der Waals surface area contributed by atoms with Crippen LogP contribution < -0.4 is 5.56 Å². The second kappa shape index (κ2) is 4.13. The van der Waals surface area contributed by atoms with Gasteiger partial charge in [0.1, 0.15) is 5.75 Å². The molecule has 5 nitrogen and oxygen atoms in total.